The lowest BCUT2D eigenvalue weighted by atomic mass is 9.97. The Morgan fingerprint density at radius 3 is 2.69 bits per heavy atom. The number of anilines is 1. The Hall–Kier alpha value is -1.83. The van der Waals surface area contributed by atoms with Crippen molar-refractivity contribution < 1.29 is 19.4 Å². The van der Waals surface area contributed by atoms with E-state index >= 15 is 0 Å². The van der Waals surface area contributed by atoms with Gasteiger partial charge in [-0.2, -0.15) is 0 Å². The minimum Gasteiger partial charge on any atom is -0.394 e. The molecule has 1 aliphatic heterocycles. The first-order valence-electron chi connectivity index (χ1n) is 10.4. The minimum atomic E-state index is -0.468. The van der Waals surface area contributed by atoms with Crippen molar-refractivity contribution >= 4 is 29.2 Å². The summed E-state index contributed by atoms with van der Waals surface area (Å²) in [6, 6.07) is 6.27. The molecule has 1 aromatic rings. The highest BCUT2D eigenvalue weighted by Gasteiger charge is 2.32. The fourth-order valence-corrected chi connectivity index (χ4v) is 4.29. The van der Waals surface area contributed by atoms with Crippen molar-refractivity contribution in [3.8, 4) is 0 Å². The molecule has 0 bridgehead atoms. The largest absolute Gasteiger partial charge is 0.394 e. The van der Waals surface area contributed by atoms with Crippen LogP contribution in [0.2, 0.25) is 5.02 Å². The summed E-state index contributed by atoms with van der Waals surface area (Å²) < 4.78 is 5.96. The summed E-state index contributed by atoms with van der Waals surface area (Å²) in [5.41, 5.74) is 0.600. The van der Waals surface area contributed by atoms with Crippen LogP contribution in [0.15, 0.2) is 24.3 Å². The lowest BCUT2D eigenvalue weighted by Gasteiger charge is -2.36. The fraction of sp³-hybridized carbons (Fsp3) is 0.619. The number of aliphatic hydroxyl groups excluding tert-OH is 1. The third-order valence-corrected chi connectivity index (χ3v) is 5.92. The standard InChI is InChI=1S/C21H30ClN3O4/c22-15-6-3-7-16(12-15)24-21(28)25-18-9-8-17(29-19(18)13-26)10-11-23-20(27)14-4-1-2-5-14/h3,6-7,12,14,17-19,26H,1-2,4-5,8-11,13H2,(H,23,27)(H2,24,25,28)/t17-,18-,19+/m0/s1. The van der Waals surface area contributed by atoms with Gasteiger partial charge in [-0.05, 0) is 50.3 Å². The topological polar surface area (TPSA) is 99.7 Å². The molecule has 0 aromatic heterocycles. The van der Waals surface area contributed by atoms with Gasteiger partial charge in [0.25, 0.3) is 0 Å². The van der Waals surface area contributed by atoms with Gasteiger partial charge in [0.05, 0.1) is 18.8 Å². The molecule has 0 unspecified atom stereocenters. The first-order valence-corrected chi connectivity index (χ1v) is 10.8. The van der Waals surface area contributed by atoms with Gasteiger partial charge in [0, 0.05) is 23.2 Å². The number of benzene rings is 1. The molecule has 1 saturated carbocycles. The average Bonchev–Trinajstić information content (AvgIpc) is 3.24. The number of ether oxygens (including phenoxy) is 1. The molecule has 7 nitrogen and oxygen atoms in total. The number of hydrogen-bond donors (Lipinski definition) is 4. The number of halogens is 1. The van der Waals surface area contributed by atoms with Gasteiger partial charge in [0.2, 0.25) is 5.91 Å². The molecule has 3 rings (SSSR count). The van der Waals surface area contributed by atoms with Crippen LogP contribution in [0.5, 0.6) is 0 Å². The lowest BCUT2D eigenvalue weighted by Crippen LogP contribution is -2.52. The van der Waals surface area contributed by atoms with E-state index in [-0.39, 0.29) is 36.6 Å². The van der Waals surface area contributed by atoms with Crippen LogP contribution in [0.3, 0.4) is 0 Å². The summed E-state index contributed by atoms with van der Waals surface area (Å²) >= 11 is 5.93. The van der Waals surface area contributed by atoms with E-state index in [1.165, 1.54) is 0 Å². The second-order valence-corrected chi connectivity index (χ2v) is 8.27. The Morgan fingerprint density at radius 1 is 1.17 bits per heavy atom. The molecule has 0 radical (unpaired) electrons. The third-order valence-electron chi connectivity index (χ3n) is 5.69. The molecule has 8 heteroatoms. The van der Waals surface area contributed by atoms with Gasteiger partial charge in [-0.3, -0.25) is 4.79 Å². The average molecular weight is 424 g/mol. The van der Waals surface area contributed by atoms with Crippen LogP contribution in [0.1, 0.15) is 44.9 Å². The van der Waals surface area contributed by atoms with E-state index in [1.807, 2.05) is 0 Å². The summed E-state index contributed by atoms with van der Waals surface area (Å²) in [4.78, 5) is 24.4. The van der Waals surface area contributed by atoms with E-state index in [0.717, 1.165) is 32.1 Å². The molecule has 29 heavy (non-hydrogen) atoms. The van der Waals surface area contributed by atoms with Crippen molar-refractivity contribution in [2.24, 2.45) is 5.92 Å². The van der Waals surface area contributed by atoms with E-state index < -0.39 is 6.10 Å². The number of hydrogen-bond acceptors (Lipinski definition) is 4. The van der Waals surface area contributed by atoms with E-state index in [9.17, 15) is 14.7 Å². The molecule has 1 aliphatic carbocycles. The highest BCUT2D eigenvalue weighted by atomic mass is 35.5. The maximum atomic E-state index is 12.3. The lowest BCUT2D eigenvalue weighted by molar-refractivity contribution is -0.125. The Morgan fingerprint density at radius 2 is 1.97 bits per heavy atom. The molecule has 3 amide bonds. The summed E-state index contributed by atoms with van der Waals surface area (Å²) in [6.07, 6.45) is 5.92. The second kappa shape index (κ2) is 10.8. The van der Waals surface area contributed by atoms with E-state index in [0.29, 0.717) is 30.1 Å². The Bertz CT molecular complexity index is 696. The molecular formula is C21H30ClN3O4. The number of rotatable bonds is 7. The molecule has 160 valence electrons. The van der Waals surface area contributed by atoms with Gasteiger partial charge in [0.1, 0.15) is 6.10 Å². The number of carbonyl (C=O) groups is 2. The van der Waals surface area contributed by atoms with E-state index in [1.54, 1.807) is 24.3 Å². The summed E-state index contributed by atoms with van der Waals surface area (Å²) in [5.74, 6) is 0.313. The van der Waals surface area contributed by atoms with E-state index in [4.69, 9.17) is 16.3 Å². The molecule has 1 saturated heterocycles. The Labute approximate surface area is 176 Å². The monoisotopic (exact) mass is 423 g/mol. The van der Waals surface area contributed by atoms with Crippen molar-refractivity contribution in [2.75, 3.05) is 18.5 Å². The van der Waals surface area contributed by atoms with Gasteiger partial charge in [0.15, 0.2) is 0 Å². The molecule has 2 fully saturated rings. The van der Waals surface area contributed by atoms with Gasteiger partial charge in [-0.1, -0.05) is 30.5 Å². The van der Waals surface area contributed by atoms with Gasteiger partial charge in [-0.25, -0.2) is 4.79 Å². The predicted molar refractivity (Wildman–Crippen MR) is 112 cm³/mol. The first-order chi connectivity index (χ1) is 14.0. The van der Waals surface area contributed by atoms with Gasteiger partial charge < -0.3 is 25.8 Å². The number of nitrogens with one attached hydrogen (secondary N) is 3. The maximum absolute atomic E-state index is 12.3. The fourth-order valence-electron chi connectivity index (χ4n) is 4.10. The number of amides is 3. The third kappa shape index (κ3) is 6.59. The van der Waals surface area contributed by atoms with Gasteiger partial charge >= 0.3 is 6.03 Å². The smallest absolute Gasteiger partial charge is 0.319 e. The molecule has 0 spiro atoms. The quantitative estimate of drug-likeness (QED) is 0.541. The summed E-state index contributed by atoms with van der Waals surface area (Å²) in [6.45, 7) is 0.401. The molecule has 2 aliphatic rings. The van der Waals surface area contributed by atoms with Crippen LogP contribution in [0, 0.1) is 5.92 Å². The van der Waals surface area contributed by atoms with Crippen LogP contribution >= 0.6 is 11.6 Å². The highest BCUT2D eigenvalue weighted by molar-refractivity contribution is 6.30. The van der Waals surface area contributed by atoms with Gasteiger partial charge in [-0.15, -0.1) is 0 Å². The molecule has 4 N–H and O–H groups in total. The van der Waals surface area contributed by atoms with Crippen LogP contribution < -0.4 is 16.0 Å². The Kier molecular flexibility index (Phi) is 8.15. The van der Waals surface area contributed by atoms with Crippen LogP contribution in [0.4, 0.5) is 10.5 Å². The summed E-state index contributed by atoms with van der Waals surface area (Å²) in [7, 11) is 0. The van der Waals surface area contributed by atoms with Crippen LogP contribution in [-0.4, -0.2) is 48.4 Å². The zero-order chi connectivity index (χ0) is 20.6. The minimum absolute atomic E-state index is 0.0370. The zero-order valence-electron chi connectivity index (χ0n) is 16.5. The SMILES string of the molecule is O=C(Nc1cccc(Cl)c1)N[C@H]1CC[C@@H](CCNC(=O)C2CCCC2)O[C@@H]1CO. The van der Waals surface area contributed by atoms with Crippen LogP contribution in [-0.2, 0) is 9.53 Å². The van der Waals surface area contributed by atoms with E-state index in [2.05, 4.69) is 16.0 Å². The zero-order valence-corrected chi connectivity index (χ0v) is 17.3. The number of carbonyl (C=O) groups excluding carboxylic acids is 2. The van der Waals surface area contributed by atoms with Crippen molar-refractivity contribution in [1.82, 2.24) is 10.6 Å². The predicted octanol–water partition coefficient (Wildman–Crippen LogP) is 3.07. The molecule has 3 atom stereocenters. The van der Waals surface area contributed by atoms with Crippen molar-refractivity contribution in [3.05, 3.63) is 29.3 Å². The first kappa shape index (κ1) is 21.9. The molecular weight excluding hydrogens is 394 g/mol. The van der Waals surface area contributed by atoms with Crippen molar-refractivity contribution in [1.29, 1.82) is 0 Å². The highest BCUT2D eigenvalue weighted by Crippen LogP contribution is 2.25. The molecule has 1 heterocycles. The summed E-state index contributed by atoms with van der Waals surface area (Å²) in [5, 5.41) is 18.9. The second-order valence-electron chi connectivity index (χ2n) is 7.83. The van der Waals surface area contributed by atoms with Crippen LogP contribution in [0.25, 0.3) is 0 Å². The number of urea groups is 1. The number of aliphatic hydroxyl groups is 1. The molecule has 1 aromatic carbocycles. The van der Waals surface area contributed by atoms with Crippen molar-refractivity contribution in [2.45, 2.75) is 63.2 Å². The Balaban J connectivity index is 1.40. The maximum Gasteiger partial charge on any atom is 0.319 e. The normalized spacial score (nSPS) is 24.8. The van der Waals surface area contributed by atoms with Crippen molar-refractivity contribution in [3.63, 3.8) is 0 Å².